The number of hydrogen-bond acceptors (Lipinski definition) is 6. The number of anilines is 2. The Morgan fingerprint density at radius 1 is 1.33 bits per heavy atom. The molecule has 1 aromatic rings. The average molecular weight is 333 g/mol. The smallest absolute Gasteiger partial charge is 0.315 e. The lowest BCUT2D eigenvalue weighted by Gasteiger charge is -2.37. The van der Waals surface area contributed by atoms with E-state index in [2.05, 4.69) is 23.7 Å². The molecule has 6 heteroatoms. The highest BCUT2D eigenvalue weighted by Gasteiger charge is 2.32. The summed E-state index contributed by atoms with van der Waals surface area (Å²) in [6.45, 7) is 6.87. The molecule has 1 saturated heterocycles. The van der Waals surface area contributed by atoms with Crippen LogP contribution in [-0.2, 0) is 9.53 Å². The molecule has 0 radical (unpaired) electrons. The maximum atomic E-state index is 11.8. The van der Waals surface area contributed by atoms with Crippen molar-refractivity contribution in [1.82, 2.24) is 4.98 Å². The van der Waals surface area contributed by atoms with Crippen molar-refractivity contribution in [3.8, 4) is 5.88 Å². The van der Waals surface area contributed by atoms with E-state index >= 15 is 0 Å². The summed E-state index contributed by atoms with van der Waals surface area (Å²) < 4.78 is 10.8. The van der Waals surface area contributed by atoms with Crippen LogP contribution in [0.15, 0.2) is 12.1 Å². The van der Waals surface area contributed by atoms with E-state index in [0.717, 1.165) is 51.1 Å². The Labute approximate surface area is 143 Å². The third kappa shape index (κ3) is 4.17. The summed E-state index contributed by atoms with van der Waals surface area (Å²) in [6, 6.07) is 4.08. The van der Waals surface area contributed by atoms with Gasteiger partial charge in [-0.2, -0.15) is 4.98 Å². The summed E-state index contributed by atoms with van der Waals surface area (Å²) in [6.07, 6.45) is 3.81. The van der Waals surface area contributed by atoms with Crippen LogP contribution in [0.5, 0.6) is 5.88 Å². The molecule has 0 atom stereocenters. The molecule has 2 aliphatic rings. The fraction of sp³-hybridized carbons (Fsp3) is 0.667. The number of nitrogen functional groups attached to an aromatic ring is 1. The molecule has 0 spiro atoms. The lowest BCUT2D eigenvalue weighted by atomic mass is 10.0. The van der Waals surface area contributed by atoms with Crippen LogP contribution >= 0.6 is 0 Å². The molecule has 1 aliphatic heterocycles. The molecule has 2 fully saturated rings. The van der Waals surface area contributed by atoms with Gasteiger partial charge in [0.2, 0.25) is 5.88 Å². The van der Waals surface area contributed by atoms with Crippen molar-refractivity contribution in [3.05, 3.63) is 12.1 Å². The van der Waals surface area contributed by atoms with Crippen molar-refractivity contribution in [2.45, 2.75) is 45.6 Å². The Balaban J connectivity index is 1.76. The van der Waals surface area contributed by atoms with Gasteiger partial charge in [0.15, 0.2) is 5.82 Å². The number of nitrogens with zero attached hydrogens (tertiary/aromatic N) is 2. The molecule has 0 aromatic carbocycles. The van der Waals surface area contributed by atoms with E-state index in [0.29, 0.717) is 23.7 Å². The molecule has 1 aromatic heterocycles. The molecule has 0 amide bonds. The van der Waals surface area contributed by atoms with E-state index in [-0.39, 0.29) is 11.9 Å². The average Bonchev–Trinajstić information content (AvgIpc) is 3.39. The van der Waals surface area contributed by atoms with Crippen molar-refractivity contribution in [2.75, 3.05) is 30.4 Å². The number of esters is 1. The number of pyridine rings is 1. The molecule has 132 valence electrons. The van der Waals surface area contributed by atoms with Gasteiger partial charge in [-0.25, -0.2) is 0 Å². The van der Waals surface area contributed by atoms with E-state index in [1.807, 2.05) is 6.07 Å². The second kappa shape index (κ2) is 7.38. The second-order valence-electron chi connectivity index (χ2n) is 7.14. The largest absolute Gasteiger partial charge is 0.407 e. The lowest BCUT2D eigenvalue weighted by molar-refractivity contribution is -0.136. The number of nitrogens with two attached hydrogens (primary N) is 1. The molecule has 0 bridgehead atoms. The topological polar surface area (TPSA) is 77.7 Å². The van der Waals surface area contributed by atoms with Crippen molar-refractivity contribution in [1.29, 1.82) is 0 Å². The highest BCUT2D eigenvalue weighted by Crippen LogP contribution is 2.32. The monoisotopic (exact) mass is 333 g/mol. The number of carbonyl (C=O) groups is 1. The van der Waals surface area contributed by atoms with E-state index in [1.165, 1.54) is 0 Å². The third-order valence-electron chi connectivity index (χ3n) is 4.50. The first-order valence-corrected chi connectivity index (χ1v) is 8.87. The fourth-order valence-corrected chi connectivity index (χ4v) is 3.09. The van der Waals surface area contributed by atoms with Crippen LogP contribution in [0.4, 0.5) is 11.5 Å². The molecule has 6 nitrogen and oxygen atoms in total. The fourth-order valence-electron chi connectivity index (χ4n) is 3.09. The van der Waals surface area contributed by atoms with Gasteiger partial charge in [-0.15, -0.1) is 0 Å². The molecule has 3 rings (SSSR count). The van der Waals surface area contributed by atoms with E-state index in [1.54, 1.807) is 6.07 Å². The number of aromatic nitrogens is 1. The van der Waals surface area contributed by atoms with Crippen LogP contribution in [0.25, 0.3) is 0 Å². The van der Waals surface area contributed by atoms with Crippen LogP contribution in [0.2, 0.25) is 0 Å². The van der Waals surface area contributed by atoms with Gasteiger partial charge in [0.1, 0.15) is 0 Å². The van der Waals surface area contributed by atoms with Crippen molar-refractivity contribution >= 4 is 17.5 Å². The summed E-state index contributed by atoms with van der Waals surface area (Å²) in [5, 5.41) is 0. The first kappa shape index (κ1) is 17.0. The zero-order chi connectivity index (χ0) is 17.1. The standard InChI is InChI=1S/C18H27N3O3/c1-12(2)11-21(14-7-9-23-10-8-14)15-5-6-16(20-17(15)19)24-18(22)13-3-4-13/h5-6,12-14H,3-4,7-11H2,1-2H3,(H2,19,20). The highest BCUT2D eigenvalue weighted by atomic mass is 16.5. The molecule has 2 heterocycles. The zero-order valence-electron chi connectivity index (χ0n) is 14.5. The number of ether oxygens (including phenoxy) is 2. The minimum Gasteiger partial charge on any atom is -0.407 e. The van der Waals surface area contributed by atoms with Gasteiger partial charge in [-0.05, 0) is 37.7 Å². The maximum Gasteiger partial charge on any atom is 0.315 e. The van der Waals surface area contributed by atoms with Crippen LogP contribution in [-0.4, -0.2) is 36.8 Å². The number of rotatable bonds is 6. The Bertz CT molecular complexity index is 581. The maximum absolute atomic E-state index is 11.8. The molecule has 24 heavy (non-hydrogen) atoms. The van der Waals surface area contributed by atoms with Crippen LogP contribution in [0.1, 0.15) is 39.5 Å². The minimum atomic E-state index is -0.196. The van der Waals surface area contributed by atoms with Gasteiger partial charge in [0.25, 0.3) is 0 Å². The first-order valence-electron chi connectivity index (χ1n) is 8.87. The van der Waals surface area contributed by atoms with Gasteiger partial charge in [0, 0.05) is 31.9 Å². The van der Waals surface area contributed by atoms with Gasteiger partial charge in [-0.3, -0.25) is 4.79 Å². The third-order valence-corrected chi connectivity index (χ3v) is 4.50. The van der Waals surface area contributed by atoms with E-state index < -0.39 is 0 Å². The summed E-state index contributed by atoms with van der Waals surface area (Å²) in [5.74, 6) is 1.08. The van der Waals surface area contributed by atoms with Crippen LogP contribution in [0, 0.1) is 11.8 Å². The SMILES string of the molecule is CC(C)CN(c1ccc(OC(=O)C2CC2)nc1N)C1CCOCC1. The Kier molecular flexibility index (Phi) is 5.23. The zero-order valence-corrected chi connectivity index (χ0v) is 14.5. The summed E-state index contributed by atoms with van der Waals surface area (Å²) >= 11 is 0. The van der Waals surface area contributed by atoms with Crippen molar-refractivity contribution in [3.63, 3.8) is 0 Å². The highest BCUT2D eigenvalue weighted by molar-refractivity contribution is 5.77. The predicted molar refractivity (Wildman–Crippen MR) is 93.0 cm³/mol. The van der Waals surface area contributed by atoms with E-state index in [9.17, 15) is 4.79 Å². The number of carbonyl (C=O) groups excluding carboxylic acids is 1. The first-order chi connectivity index (χ1) is 11.5. The lowest BCUT2D eigenvalue weighted by Crippen LogP contribution is -2.42. The van der Waals surface area contributed by atoms with Gasteiger partial charge < -0.3 is 20.1 Å². The quantitative estimate of drug-likeness (QED) is 0.806. The Morgan fingerprint density at radius 2 is 2.04 bits per heavy atom. The summed E-state index contributed by atoms with van der Waals surface area (Å²) in [5.41, 5.74) is 7.12. The minimum absolute atomic E-state index is 0.0485. The summed E-state index contributed by atoms with van der Waals surface area (Å²) in [7, 11) is 0. The van der Waals surface area contributed by atoms with Crippen LogP contribution < -0.4 is 15.4 Å². The summed E-state index contributed by atoms with van der Waals surface area (Å²) in [4.78, 5) is 18.4. The normalized spacial score (nSPS) is 18.6. The molecule has 2 N–H and O–H groups in total. The van der Waals surface area contributed by atoms with Gasteiger partial charge in [-0.1, -0.05) is 13.8 Å². The molecular weight excluding hydrogens is 306 g/mol. The van der Waals surface area contributed by atoms with Gasteiger partial charge >= 0.3 is 5.97 Å². The van der Waals surface area contributed by atoms with Crippen molar-refractivity contribution < 1.29 is 14.3 Å². The molecular formula is C18H27N3O3. The second-order valence-corrected chi connectivity index (χ2v) is 7.14. The van der Waals surface area contributed by atoms with Crippen LogP contribution in [0.3, 0.4) is 0 Å². The number of hydrogen-bond donors (Lipinski definition) is 1. The van der Waals surface area contributed by atoms with Gasteiger partial charge in [0.05, 0.1) is 11.6 Å². The molecule has 1 saturated carbocycles. The molecule has 1 aliphatic carbocycles. The Hall–Kier alpha value is -1.82. The Morgan fingerprint density at radius 3 is 2.62 bits per heavy atom. The molecule has 0 unspecified atom stereocenters. The predicted octanol–water partition coefficient (Wildman–Crippen LogP) is 2.62. The van der Waals surface area contributed by atoms with E-state index in [4.69, 9.17) is 15.2 Å². The van der Waals surface area contributed by atoms with Crippen molar-refractivity contribution in [2.24, 2.45) is 11.8 Å².